The number of non-ortho nitro benzene ring substituents is 2. The van der Waals surface area contributed by atoms with Crippen molar-refractivity contribution in [3.05, 3.63) is 79.9 Å². The van der Waals surface area contributed by atoms with Crippen LogP contribution in [0.25, 0.3) is 0 Å². The van der Waals surface area contributed by atoms with Crippen LogP contribution in [0.4, 0.5) is 11.4 Å². The number of nitrogens with zero attached hydrogens (tertiary/aromatic N) is 2. The molecule has 0 aliphatic rings. The van der Waals surface area contributed by atoms with E-state index in [0.717, 1.165) is 0 Å². The summed E-state index contributed by atoms with van der Waals surface area (Å²) >= 11 is 0. The van der Waals surface area contributed by atoms with Crippen molar-refractivity contribution in [1.29, 1.82) is 0 Å². The highest BCUT2D eigenvalue weighted by Gasteiger charge is 2.21. The van der Waals surface area contributed by atoms with Gasteiger partial charge in [-0.05, 0) is 29.7 Å². The molecule has 0 saturated heterocycles. The van der Waals surface area contributed by atoms with Crippen LogP contribution in [0, 0.1) is 25.6 Å². The van der Waals surface area contributed by atoms with E-state index in [1.807, 2.05) is 13.8 Å². The highest BCUT2D eigenvalue weighted by molar-refractivity contribution is 5.95. The predicted molar refractivity (Wildman–Crippen MR) is 105 cm³/mol. The lowest BCUT2D eigenvalue weighted by atomic mass is 9.93. The van der Waals surface area contributed by atoms with Gasteiger partial charge in [-0.3, -0.25) is 29.8 Å². The Bertz CT molecular complexity index is 847. The average molecular weight is 400 g/mol. The molecular formula is C19H20N4O6. The number of hydrogen-bond donors (Lipinski definition) is 2. The zero-order chi connectivity index (χ0) is 21.6. The summed E-state index contributed by atoms with van der Waals surface area (Å²) in [6.45, 7) is 4.20. The second kappa shape index (κ2) is 8.91. The van der Waals surface area contributed by atoms with Gasteiger partial charge in [0.15, 0.2) is 0 Å². The molecule has 2 N–H and O–H groups in total. The molecule has 0 aliphatic heterocycles. The first-order valence-corrected chi connectivity index (χ1v) is 8.64. The van der Waals surface area contributed by atoms with Crippen LogP contribution in [0.15, 0.2) is 48.5 Å². The summed E-state index contributed by atoms with van der Waals surface area (Å²) in [4.78, 5) is 44.6. The highest BCUT2D eigenvalue weighted by atomic mass is 16.6. The molecule has 2 rings (SSSR count). The van der Waals surface area contributed by atoms with E-state index >= 15 is 0 Å². The predicted octanol–water partition coefficient (Wildman–Crippen LogP) is 2.69. The summed E-state index contributed by atoms with van der Waals surface area (Å²) in [5.74, 6) is -0.760. The van der Waals surface area contributed by atoms with Crippen LogP contribution in [0.2, 0.25) is 0 Å². The number of benzene rings is 2. The van der Waals surface area contributed by atoms with Gasteiger partial charge in [0.2, 0.25) is 0 Å². The minimum absolute atomic E-state index is 0.101. The molecule has 10 heteroatoms. The van der Waals surface area contributed by atoms with E-state index in [9.17, 15) is 29.8 Å². The van der Waals surface area contributed by atoms with E-state index in [4.69, 9.17) is 0 Å². The summed E-state index contributed by atoms with van der Waals surface area (Å²) < 4.78 is 0. The maximum Gasteiger partial charge on any atom is 0.269 e. The van der Waals surface area contributed by atoms with Crippen molar-refractivity contribution in [3.8, 4) is 0 Å². The van der Waals surface area contributed by atoms with Gasteiger partial charge in [-0.1, -0.05) is 13.8 Å². The van der Waals surface area contributed by atoms with Crippen molar-refractivity contribution in [2.45, 2.75) is 13.8 Å². The van der Waals surface area contributed by atoms with Crippen molar-refractivity contribution in [2.75, 3.05) is 13.1 Å². The fraction of sp³-hybridized carbons (Fsp3) is 0.263. The van der Waals surface area contributed by atoms with Crippen LogP contribution >= 0.6 is 0 Å². The molecule has 0 saturated carbocycles. The highest BCUT2D eigenvalue weighted by Crippen LogP contribution is 2.16. The second-order valence-electron chi connectivity index (χ2n) is 7.14. The number of carbonyl (C=O) groups is 2. The summed E-state index contributed by atoms with van der Waals surface area (Å²) in [5.41, 5.74) is -0.0957. The maximum absolute atomic E-state index is 12.2. The quantitative estimate of drug-likeness (QED) is 0.515. The molecule has 0 bridgehead atoms. The molecule has 0 aromatic heterocycles. The topological polar surface area (TPSA) is 144 Å². The minimum Gasteiger partial charge on any atom is -0.351 e. The van der Waals surface area contributed by atoms with Crippen molar-refractivity contribution in [3.63, 3.8) is 0 Å². The Labute approximate surface area is 166 Å². The molecule has 2 amide bonds. The third-order valence-electron chi connectivity index (χ3n) is 4.14. The van der Waals surface area contributed by atoms with Gasteiger partial charge in [-0.25, -0.2) is 0 Å². The molecule has 29 heavy (non-hydrogen) atoms. The first kappa shape index (κ1) is 21.5. The Balaban J connectivity index is 1.87. The van der Waals surface area contributed by atoms with Gasteiger partial charge in [0, 0.05) is 48.5 Å². The number of nitro benzene ring substituents is 2. The fourth-order valence-electron chi connectivity index (χ4n) is 2.37. The molecule has 152 valence electrons. The van der Waals surface area contributed by atoms with E-state index in [-0.39, 0.29) is 36.3 Å². The van der Waals surface area contributed by atoms with Gasteiger partial charge >= 0.3 is 0 Å². The molecule has 0 fully saturated rings. The first-order valence-electron chi connectivity index (χ1n) is 8.64. The van der Waals surface area contributed by atoms with Crippen LogP contribution in [-0.2, 0) is 0 Å². The minimum atomic E-state index is -0.543. The van der Waals surface area contributed by atoms with Crippen molar-refractivity contribution < 1.29 is 19.4 Å². The van der Waals surface area contributed by atoms with E-state index in [1.165, 1.54) is 48.5 Å². The van der Waals surface area contributed by atoms with Crippen molar-refractivity contribution >= 4 is 23.2 Å². The zero-order valence-electron chi connectivity index (χ0n) is 15.9. The van der Waals surface area contributed by atoms with Gasteiger partial charge in [-0.2, -0.15) is 0 Å². The van der Waals surface area contributed by atoms with E-state index in [2.05, 4.69) is 10.6 Å². The summed E-state index contributed by atoms with van der Waals surface area (Å²) in [6.07, 6.45) is 0. The number of hydrogen-bond acceptors (Lipinski definition) is 6. The normalized spacial score (nSPS) is 10.8. The molecule has 0 atom stereocenters. The zero-order valence-corrected chi connectivity index (χ0v) is 15.9. The number of carbonyl (C=O) groups excluding carboxylic acids is 2. The number of amides is 2. The average Bonchev–Trinajstić information content (AvgIpc) is 2.70. The second-order valence-corrected chi connectivity index (χ2v) is 7.14. The molecule has 0 spiro atoms. The van der Waals surface area contributed by atoms with E-state index < -0.39 is 15.3 Å². The molecule has 0 radical (unpaired) electrons. The van der Waals surface area contributed by atoms with E-state index in [0.29, 0.717) is 11.1 Å². The van der Waals surface area contributed by atoms with Gasteiger partial charge in [0.25, 0.3) is 23.2 Å². The Kier molecular flexibility index (Phi) is 6.60. The first-order chi connectivity index (χ1) is 13.6. The third-order valence-corrected chi connectivity index (χ3v) is 4.14. The summed E-state index contributed by atoms with van der Waals surface area (Å²) in [6, 6.07) is 10.5. The third kappa shape index (κ3) is 6.09. The summed E-state index contributed by atoms with van der Waals surface area (Å²) in [5, 5.41) is 26.8. The number of nitrogens with one attached hydrogen (secondary N) is 2. The van der Waals surface area contributed by atoms with Crippen molar-refractivity contribution in [1.82, 2.24) is 10.6 Å². The molecule has 2 aromatic carbocycles. The maximum atomic E-state index is 12.2. The van der Waals surface area contributed by atoms with Gasteiger partial charge in [-0.15, -0.1) is 0 Å². The molecule has 0 heterocycles. The SMILES string of the molecule is CC(C)(CNC(=O)c1ccc([N+](=O)[O-])cc1)CNC(=O)c1ccc([N+](=O)[O-])cc1. The van der Waals surface area contributed by atoms with Crippen LogP contribution in [0.5, 0.6) is 0 Å². The van der Waals surface area contributed by atoms with Crippen LogP contribution < -0.4 is 10.6 Å². The lowest BCUT2D eigenvalue weighted by molar-refractivity contribution is -0.385. The molecule has 2 aromatic rings. The van der Waals surface area contributed by atoms with Crippen LogP contribution in [-0.4, -0.2) is 34.8 Å². The number of nitro groups is 2. The fourth-order valence-corrected chi connectivity index (χ4v) is 2.37. The summed E-state index contributed by atoms with van der Waals surface area (Å²) in [7, 11) is 0. The Morgan fingerprint density at radius 2 is 1.07 bits per heavy atom. The standard InChI is InChI=1S/C19H20N4O6/c1-19(2,11-20-17(24)13-3-7-15(8-4-13)22(26)27)12-21-18(25)14-5-9-16(10-6-14)23(28)29/h3-10H,11-12H2,1-2H3,(H,20,24)(H,21,25). The lowest BCUT2D eigenvalue weighted by Gasteiger charge is -2.25. The Morgan fingerprint density at radius 3 is 1.34 bits per heavy atom. The van der Waals surface area contributed by atoms with Crippen LogP contribution in [0.3, 0.4) is 0 Å². The monoisotopic (exact) mass is 400 g/mol. The number of rotatable bonds is 8. The van der Waals surface area contributed by atoms with Gasteiger partial charge in [0.05, 0.1) is 9.85 Å². The molecule has 10 nitrogen and oxygen atoms in total. The molecule has 0 unspecified atom stereocenters. The van der Waals surface area contributed by atoms with Crippen LogP contribution in [0.1, 0.15) is 34.6 Å². The van der Waals surface area contributed by atoms with Gasteiger partial charge in [0.1, 0.15) is 0 Å². The van der Waals surface area contributed by atoms with Crippen molar-refractivity contribution in [2.24, 2.45) is 5.41 Å². The molecular weight excluding hydrogens is 380 g/mol. The molecule has 0 aliphatic carbocycles. The van der Waals surface area contributed by atoms with E-state index in [1.54, 1.807) is 0 Å². The Hall–Kier alpha value is -3.82. The largest absolute Gasteiger partial charge is 0.351 e. The van der Waals surface area contributed by atoms with Gasteiger partial charge < -0.3 is 10.6 Å². The smallest absolute Gasteiger partial charge is 0.269 e. The lowest BCUT2D eigenvalue weighted by Crippen LogP contribution is -2.42. The Morgan fingerprint density at radius 1 is 0.759 bits per heavy atom.